The van der Waals surface area contributed by atoms with Crippen molar-refractivity contribution in [2.24, 2.45) is 0 Å². The summed E-state index contributed by atoms with van der Waals surface area (Å²) in [5, 5.41) is 9.02. The van der Waals surface area contributed by atoms with Gasteiger partial charge in [-0.15, -0.1) is 0 Å². The summed E-state index contributed by atoms with van der Waals surface area (Å²) in [6.07, 6.45) is -4.51. The second-order valence-electron chi connectivity index (χ2n) is 5.30. The smallest absolute Gasteiger partial charge is 0.422 e. The van der Waals surface area contributed by atoms with E-state index >= 15 is 0 Å². The minimum absolute atomic E-state index is 0.0545. The number of alkyl halides is 3. The number of benzene rings is 2. The first kappa shape index (κ1) is 17.5. The molecule has 26 heavy (non-hydrogen) atoms. The van der Waals surface area contributed by atoms with Crippen LogP contribution in [-0.4, -0.2) is 28.9 Å². The Kier molecular flexibility index (Phi) is 4.61. The van der Waals surface area contributed by atoms with Gasteiger partial charge in [-0.3, -0.25) is 9.59 Å². The Morgan fingerprint density at radius 2 is 1.73 bits per heavy atom. The molecule has 0 aliphatic carbocycles. The van der Waals surface area contributed by atoms with Crippen LogP contribution in [0.1, 0.15) is 10.5 Å². The number of anilines is 1. The molecule has 0 fully saturated rings. The predicted octanol–water partition coefficient (Wildman–Crippen LogP) is 3.12. The van der Waals surface area contributed by atoms with Gasteiger partial charge in [-0.1, -0.05) is 30.3 Å². The molecule has 1 amide bonds. The van der Waals surface area contributed by atoms with Gasteiger partial charge in [-0.05, 0) is 18.2 Å². The molecule has 0 unspecified atom stereocenters. The number of amides is 1. The molecule has 0 saturated carbocycles. The summed E-state index contributed by atoms with van der Waals surface area (Å²) < 4.78 is 41.8. The fourth-order valence-electron chi connectivity index (χ4n) is 2.32. The van der Waals surface area contributed by atoms with E-state index in [0.29, 0.717) is 5.39 Å². The van der Waals surface area contributed by atoms with E-state index in [2.05, 4.69) is 15.5 Å². The number of hydrogen-bond donors (Lipinski definition) is 2. The van der Waals surface area contributed by atoms with Crippen LogP contribution in [-0.2, 0) is 0 Å². The lowest BCUT2D eigenvalue weighted by Gasteiger charge is -2.14. The van der Waals surface area contributed by atoms with Crippen molar-refractivity contribution in [1.29, 1.82) is 0 Å². The predicted molar refractivity (Wildman–Crippen MR) is 88.3 cm³/mol. The van der Waals surface area contributed by atoms with Crippen LogP contribution >= 0.6 is 0 Å². The Bertz CT molecular complexity index is 1020. The quantitative estimate of drug-likeness (QED) is 0.746. The van der Waals surface area contributed by atoms with Crippen molar-refractivity contribution in [2.75, 3.05) is 11.9 Å². The average molecular weight is 363 g/mol. The number of halogens is 3. The number of carbonyl (C=O) groups is 1. The summed E-state index contributed by atoms with van der Waals surface area (Å²) >= 11 is 0. The molecule has 134 valence electrons. The first-order chi connectivity index (χ1) is 12.3. The molecule has 3 rings (SSSR count). The molecule has 0 aliphatic heterocycles. The van der Waals surface area contributed by atoms with Crippen molar-refractivity contribution in [3.8, 4) is 5.75 Å². The molecule has 0 saturated heterocycles. The Morgan fingerprint density at radius 1 is 1.08 bits per heavy atom. The fourth-order valence-corrected chi connectivity index (χ4v) is 2.32. The standard InChI is InChI=1S/C17H12F3N3O3/c18-17(19,20)9-26-13-8-4-3-7-12(13)21-16(25)14-10-5-1-2-6-11(10)15(24)23-22-14/h1-8H,9H2,(H,21,25)(H,23,24). The molecule has 2 N–H and O–H groups in total. The van der Waals surface area contributed by atoms with Crippen molar-refractivity contribution in [2.45, 2.75) is 6.18 Å². The third-order valence-electron chi connectivity index (χ3n) is 3.44. The Morgan fingerprint density at radius 3 is 2.46 bits per heavy atom. The average Bonchev–Trinajstić information content (AvgIpc) is 2.61. The Hall–Kier alpha value is -3.36. The highest BCUT2D eigenvalue weighted by Gasteiger charge is 2.29. The van der Waals surface area contributed by atoms with Crippen LogP contribution < -0.4 is 15.6 Å². The maximum atomic E-state index is 12.5. The van der Waals surface area contributed by atoms with Crippen molar-refractivity contribution in [1.82, 2.24) is 10.2 Å². The van der Waals surface area contributed by atoms with Gasteiger partial charge in [-0.2, -0.15) is 18.3 Å². The van der Waals surface area contributed by atoms with E-state index in [4.69, 9.17) is 4.74 Å². The number of hydrogen-bond acceptors (Lipinski definition) is 4. The summed E-state index contributed by atoms with van der Waals surface area (Å²) in [6.45, 7) is -1.49. The Balaban J connectivity index is 1.90. The van der Waals surface area contributed by atoms with Gasteiger partial charge in [-0.25, -0.2) is 5.10 Å². The van der Waals surface area contributed by atoms with Crippen molar-refractivity contribution in [3.63, 3.8) is 0 Å². The largest absolute Gasteiger partial charge is 0.482 e. The minimum Gasteiger partial charge on any atom is -0.482 e. The third kappa shape index (κ3) is 3.82. The van der Waals surface area contributed by atoms with Crippen molar-refractivity contribution < 1.29 is 22.7 Å². The van der Waals surface area contributed by atoms with E-state index in [0.717, 1.165) is 0 Å². The summed E-state index contributed by atoms with van der Waals surface area (Å²) in [6, 6.07) is 12.1. The lowest BCUT2D eigenvalue weighted by atomic mass is 10.1. The molecule has 0 atom stereocenters. The molecule has 6 nitrogen and oxygen atoms in total. The lowest BCUT2D eigenvalue weighted by Crippen LogP contribution is -2.21. The second-order valence-corrected chi connectivity index (χ2v) is 5.30. The van der Waals surface area contributed by atoms with Crippen LogP contribution in [0.15, 0.2) is 53.3 Å². The van der Waals surface area contributed by atoms with E-state index in [1.54, 1.807) is 18.2 Å². The van der Waals surface area contributed by atoms with Crippen LogP contribution in [0.5, 0.6) is 5.75 Å². The number of rotatable bonds is 4. The van der Waals surface area contributed by atoms with Crippen LogP contribution in [0.4, 0.5) is 18.9 Å². The monoisotopic (exact) mass is 363 g/mol. The van der Waals surface area contributed by atoms with E-state index in [1.165, 1.54) is 30.3 Å². The summed E-state index contributed by atoms with van der Waals surface area (Å²) in [5.41, 5.74) is -0.462. The normalized spacial score (nSPS) is 11.3. The van der Waals surface area contributed by atoms with Gasteiger partial charge < -0.3 is 10.1 Å². The zero-order valence-electron chi connectivity index (χ0n) is 13.1. The minimum atomic E-state index is -4.51. The molecule has 0 aliphatic rings. The van der Waals surface area contributed by atoms with Crippen LogP contribution in [0.25, 0.3) is 10.8 Å². The number of nitrogens with zero attached hydrogens (tertiary/aromatic N) is 1. The molecule has 0 radical (unpaired) electrons. The van der Waals surface area contributed by atoms with Gasteiger partial charge in [0.25, 0.3) is 11.5 Å². The molecule has 1 aromatic heterocycles. The van der Waals surface area contributed by atoms with Gasteiger partial charge in [0.2, 0.25) is 0 Å². The molecular weight excluding hydrogens is 351 g/mol. The van der Waals surface area contributed by atoms with Gasteiger partial charge in [0, 0.05) is 5.39 Å². The lowest BCUT2D eigenvalue weighted by molar-refractivity contribution is -0.153. The van der Waals surface area contributed by atoms with Crippen molar-refractivity contribution >= 4 is 22.4 Å². The number of nitrogens with one attached hydrogen (secondary N) is 2. The molecule has 9 heteroatoms. The topological polar surface area (TPSA) is 84.1 Å². The number of fused-ring (bicyclic) bond motifs is 1. The number of ether oxygens (including phenoxy) is 1. The summed E-state index contributed by atoms with van der Waals surface area (Å²) in [4.78, 5) is 24.3. The number of H-pyrrole nitrogens is 1. The van der Waals surface area contributed by atoms with E-state index in [-0.39, 0.29) is 22.5 Å². The molecule has 1 heterocycles. The first-order valence-electron chi connectivity index (χ1n) is 7.42. The number of carbonyl (C=O) groups excluding carboxylic acids is 1. The highest BCUT2D eigenvalue weighted by atomic mass is 19.4. The van der Waals surface area contributed by atoms with Gasteiger partial charge >= 0.3 is 6.18 Å². The molecule has 0 spiro atoms. The van der Waals surface area contributed by atoms with Crippen molar-refractivity contribution in [3.05, 3.63) is 64.6 Å². The Labute approximate surface area is 144 Å². The highest BCUT2D eigenvalue weighted by Crippen LogP contribution is 2.27. The third-order valence-corrected chi connectivity index (χ3v) is 3.44. The molecule has 3 aromatic rings. The number of para-hydroxylation sites is 2. The van der Waals surface area contributed by atoms with Crippen LogP contribution in [0, 0.1) is 0 Å². The molecule has 2 aromatic carbocycles. The zero-order chi connectivity index (χ0) is 18.7. The van der Waals surface area contributed by atoms with Gasteiger partial charge in [0.05, 0.1) is 11.1 Å². The molecule has 0 bridgehead atoms. The fraction of sp³-hybridized carbons (Fsp3) is 0.118. The SMILES string of the molecule is O=C(Nc1ccccc1OCC(F)(F)F)c1n[nH]c(=O)c2ccccc12. The summed E-state index contributed by atoms with van der Waals surface area (Å²) in [5.74, 6) is -0.826. The van der Waals surface area contributed by atoms with E-state index in [1.807, 2.05) is 0 Å². The van der Waals surface area contributed by atoms with Crippen LogP contribution in [0.2, 0.25) is 0 Å². The molecular formula is C17H12F3N3O3. The highest BCUT2D eigenvalue weighted by molar-refractivity contribution is 6.11. The number of aromatic amines is 1. The summed E-state index contributed by atoms with van der Waals surface area (Å²) in [7, 11) is 0. The van der Waals surface area contributed by atoms with Gasteiger partial charge in [0.1, 0.15) is 5.75 Å². The number of aromatic nitrogens is 2. The van der Waals surface area contributed by atoms with Crippen LogP contribution in [0.3, 0.4) is 0 Å². The maximum absolute atomic E-state index is 12.5. The zero-order valence-corrected chi connectivity index (χ0v) is 13.1. The van der Waals surface area contributed by atoms with E-state index in [9.17, 15) is 22.8 Å². The first-order valence-corrected chi connectivity index (χ1v) is 7.42. The maximum Gasteiger partial charge on any atom is 0.422 e. The van der Waals surface area contributed by atoms with Gasteiger partial charge in [0.15, 0.2) is 12.3 Å². The second kappa shape index (κ2) is 6.87. The van der Waals surface area contributed by atoms with E-state index < -0.39 is 24.2 Å².